The summed E-state index contributed by atoms with van der Waals surface area (Å²) in [6, 6.07) is 2.88. The lowest BCUT2D eigenvalue weighted by atomic mass is 10.1. The van der Waals surface area contributed by atoms with E-state index in [1.165, 1.54) is 24.1 Å². The van der Waals surface area contributed by atoms with Crippen LogP contribution in [-0.4, -0.2) is 43.8 Å². The average molecular weight is 372 g/mol. The van der Waals surface area contributed by atoms with Crippen molar-refractivity contribution in [1.82, 2.24) is 4.90 Å². The first-order valence-electron chi connectivity index (χ1n) is 8.32. The number of hydrogen-bond donors (Lipinski definition) is 1. The molecule has 1 N–H and O–H groups in total. The van der Waals surface area contributed by atoms with Crippen molar-refractivity contribution in [1.29, 1.82) is 0 Å². The van der Waals surface area contributed by atoms with Crippen LogP contribution in [0, 0.1) is 0 Å². The monoisotopic (exact) mass is 372 g/mol. The summed E-state index contributed by atoms with van der Waals surface area (Å²) < 4.78 is 50.6. The number of urea groups is 1. The first-order valence-corrected chi connectivity index (χ1v) is 8.32. The van der Waals surface area contributed by atoms with Gasteiger partial charge in [-0.2, -0.15) is 13.2 Å². The smallest absolute Gasteiger partial charge is 0.418 e. The van der Waals surface area contributed by atoms with Gasteiger partial charge in [0.1, 0.15) is 5.75 Å². The van der Waals surface area contributed by atoms with Crippen molar-refractivity contribution in [3.05, 3.63) is 35.4 Å². The average Bonchev–Trinajstić information content (AvgIpc) is 2.55. The number of ether oxygens (including phenoxy) is 2. The largest absolute Gasteiger partial charge is 0.491 e. The van der Waals surface area contributed by atoms with Crippen molar-refractivity contribution in [3.8, 4) is 5.75 Å². The van der Waals surface area contributed by atoms with E-state index in [0.29, 0.717) is 19.8 Å². The Balaban J connectivity index is 2.13. The van der Waals surface area contributed by atoms with E-state index in [1.54, 1.807) is 13.8 Å². The van der Waals surface area contributed by atoms with E-state index >= 15 is 0 Å². The minimum Gasteiger partial charge on any atom is -0.491 e. The Morgan fingerprint density at radius 3 is 2.69 bits per heavy atom. The van der Waals surface area contributed by atoms with Crippen molar-refractivity contribution >= 4 is 11.7 Å². The van der Waals surface area contributed by atoms with Gasteiger partial charge in [-0.1, -0.05) is 6.08 Å². The van der Waals surface area contributed by atoms with Crippen LogP contribution < -0.4 is 10.1 Å². The highest BCUT2D eigenvalue weighted by molar-refractivity contribution is 5.90. The molecule has 5 nitrogen and oxygen atoms in total. The summed E-state index contributed by atoms with van der Waals surface area (Å²) in [6.45, 7) is 4.80. The molecule has 0 atom stereocenters. The van der Waals surface area contributed by atoms with Crippen molar-refractivity contribution in [2.45, 2.75) is 32.5 Å². The number of carbonyl (C=O) groups is 1. The molecule has 8 heteroatoms. The van der Waals surface area contributed by atoms with Gasteiger partial charge in [0, 0.05) is 13.6 Å². The fourth-order valence-corrected chi connectivity index (χ4v) is 2.52. The van der Waals surface area contributed by atoms with Gasteiger partial charge in [0.25, 0.3) is 0 Å². The molecule has 0 aliphatic carbocycles. The zero-order valence-electron chi connectivity index (χ0n) is 15.0. The third kappa shape index (κ3) is 5.66. The summed E-state index contributed by atoms with van der Waals surface area (Å²) in [5, 5.41) is 2.33. The number of alkyl halides is 3. The second kappa shape index (κ2) is 8.44. The molecule has 2 rings (SSSR count). The normalized spacial score (nSPS) is 14.8. The number of halogens is 3. The van der Waals surface area contributed by atoms with Crippen molar-refractivity contribution in [3.63, 3.8) is 0 Å². The highest BCUT2D eigenvalue weighted by Gasteiger charge is 2.35. The number of carbonyl (C=O) groups excluding carboxylic acids is 1. The lowest BCUT2D eigenvalue weighted by molar-refractivity contribution is -0.137. The van der Waals surface area contributed by atoms with E-state index in [9.17, 15) is 18.0 Å². The van der Waals surface area contributed by atoms with Gasteiger partial charge < -0.3 is 19.7 Å². The van der Waals surface area contributed by atoms with E-state index in [1.807, 2.05) is 6.08 Å². The Labute approximate surface area is 150 Å². The van der Waals surface area contributed by atoms with Gasteiger partial charge in [0.2, 0.25) is 0 Å². The molecule has 1 aliphatic heterocycles. The molecule has 1 aromatic carbocycles. The zero-order chi connectivity index (χ0) is 19.3. The van der Waals surface area contributed by atoms with Crippen molar-refractivity contribution in [2.75, 3.05) is 32.1 Å². The fraction of sp³-hybridized carbons (Fsp3) is 0.500. The molecule has 0 saturated heterocycles. The Morgan fingerprint density at radius 2 is 2.12 bits per heavy atom. The molecule has 26 heavy (non-hydrogen) atoms. The van der Waals surface area contributed by atoms with Gasteiger partial charge in [0.15, 0.2) is 0 Å². The molecule has 0 fully saturated rings. The molecule has 0 aromatic heterocycles. The summed E-state index contributed by atoms with van der Waals surface area (Å²) >= 11 is 0. The maximum absolute atomic E-state index is 13.3. The molecule has 144 valence electrons. The third-order valence-corrected chi connectivity index (χ3v) is 3.68. The van der Waals surface area contributed by atoms with E-state index < -0.39 is 17.8 Å². The highest BCUT2D eigenvalue weighted by atomic mass is 19.4. The molecule has 0 spiro atoms. The van der Waals surface area contributed by atoms with Crippen LogP contribution in [0.1, 0.15) is 25.8 Å². The summed E-state index contributed by atoms with van der Waals surface area (Å²) in [5.41, 5.74) is -0.331. The minimum absolute atomic E-state index is 0.100. The van der Waals surface area contributed by atoms with Crippen LogP contribution in [0.4, 0.5) is 23.7 Å². The molecule has 1 aromatic rings. The molecule has 0 unspecified atom stereocenters. The third-order valence-electron chi connectivity index (χ3n) is 3.68. The van der Waals surface area contributed by atoms with Gasteiger partial charge in [-0.05, 0) is 44.0 Å². The van der Waals surface area contributed by atoms with Gasteiger partial charge in [-0.15, -0.1) is 0 Å². The molecule has 0 radical (unpaired) electrons. The second-order valence-electron chi connectivity index (χ2n) is 6.36. The number of benzene rings is 1. The number of nitrogens with zero attached hydrogens (tertiary/aromatic N) is 1. The fourth-order valence-electron chi connectivity index (χ4n) is 2.52. The van der Waals surface area contributed by atoms with Crippen LogP contribution in [0.25, 0.3) is 0 Å². The lowest BCUT2D eigenvalue weighted by Gasteiger charge is -2.23. The molecule has 0 bridgehead atoms. The van der Waals surface area contributed by atoms with E-state index in [4.69, 9.17) is 9.47 Å². The number of likely N-dealkylation sites (N-methyl/N-ethyl adjacent to an activating group) is 1. The Morgan fingerprint density at radius 1 is 1.38 bits per heavy atom. The van der Waals surface area contributed by atoms with Crippen LogP contribution in [0.3, 0.4) is 0 Å². The lowest BCUT2D eigenvalue weighted by Crippen LogP contribution is -2.34. The first kappa shape index (κ1) is 20.1. The van der Waals surface area contributed by atoms with Crippen molar-refractivity contribution in [2.24, 2.45) is 0 Å². The molecule has 1 heterocycles. The SMILES string of the molecule is CC(C)Oc1ccc(NC(=O)N(C)CC2=CCCOC2)c(C(F)(F)F)c1. The Bertz CT molecular complexity index is 672. The molecule has 2 amide bonds. The summed E-state index contributed by atoms with van der Waals surface area (Å²) in [5.74, 6) is 0.100. The molecule has 0 saturated carbocycles. The van der Waals surface area contributed by atoms with Gasteiger partial charge >= 0.3 is 12.2 Å². The molecular weight excluding hydrogens is 349 g/mol. The maximum atomic E-state index is 13.3. The summed E-state index contributed by atoms with van der Waals surface area (Å²) in [7, 11) is 1.52. The Kier molecular flexibility index (Phi) is 6.52. The standard InChI is InChI=1S/C18H23F3N2O3/c1-12(2)26-14-6-7-16(15(9-14)18(19,20)21)22-17(24)23(3)10-13-5-4-8-25-11-13/h5-7,9,12H,4,8,10-11H2,1-3H3,(H,22,24). The number of amides is 2. The predicted octanol–water partition coefficient (Wildman–Crippen LogP) is 4.30. The van der Waals surface area contributed by atoms with E-state index in [2.05, 4.69) is 5.32 Å². The Hall–Kier alpha value is -2.22. The van der Waals surface area contributed by atoms with Crippen LogP contribution in [0.5, 0.6) is 5.75 Å². The number of rotatable bonds is 5. The van der Waals surface area contributed by atoms with Gasteiger partial charge in [0.05, 0.1) is 30.6 Å². The van der Waals surface area contributed by atoms with Crippen LogP contribution in [0.2, 0.25) is 0 Å². The van der Waals surface area contributed by atoms with E-state index in [-0.39, 0.29) is 17.5 Å². The zero-order valence-corrected chi connectivity index (χ0v) is 15.0. The van der Waals surface area contributed by atoms with E-state index in [0.717, 1.165) is 18.1 Å². The minimum atomic E-state index is -4.61. The van der Waals surface area contributed by atoms with Gasteiger partial charge in [-0.3, -0.25) is 0 Å². The van der Waals surface area contributed by atoms with Crippen LogP contribution >= 0.6 is 0 Å². The maximum Gasteiger partial charge on any atom is 0.418 e. The highest BCUT2D eigenvalue weighted by Crippen LogP contribution is 2.37. The topological polar surface area (TPSA) is 50.8 Å². The van der Waals surface area contributed by atoms with Crippen molar-refractivity contribution < 1.29 is 27.4 Å². The second-order valence-corrected chi connectivity index (χ2v) is 6.36. The van der Waals surface area contributed by atoms with Crippen LogP contribution in [0.15, 0.2) is 29.8 Å². The molecule has 1 aliphatic rings. The first-order chi connectivity index (χ1) is 12.2. The molecular formula is C18H23F3N2O3. The summed E-state index contributed by atoms with van der Waals surface area (Å²) in [4.78, 5) is 13.6. The number of anilines is 1. The predicted molar refractivity (Wildman–Crippen MR) is 92.4 cm³/mol. The van der Waals surface area contributed by atoms with Gasteiger partial charge in [-0.25, -0.2) is 4.79 Å². The quantitative estimate of drug-likeness (QED) is 0.784. The number of hydrogen-bond acceptors (Lipinski definition) is 3. The summed E-state index contributed by atoms with van der Waals surface area (Å²) in [6.07, 6.45) is -2.13. The number of nitrogens with one attached hydrogen (secondary N) is 1. The van der Waals surface area contributed by atoms with Crippen LogP contribution in [-0.2, 0) is 10.9 Å².